The highest BCUT2D eigenvalue weighted by Crippen LogP contribution is 2.39. The molecule has 0 spiro atoms. The van der Waals surface area contributed by atoms with Gasteiger partial charge in [0.2, 0.25) is 0 Å². The largest absolute Gasteiger partial charge is 0.416 e. The summed E-state index contributed by atoms with van der Waals surface area (Å²) in [6.45, 7) is 0.401. The van der Waals surface area contributed by atoms with Gasteiger partial charge in [0.25, 0.3) is 0 Å². The Morgan fingerprint density at radius 3 is 1.20 bits per heavy atom. The van der Waals surface area contributed by atoms with E-state index in [2.05, 4.69) is 5.32 Å². The molecule has 0 aliphatic carbocycles. The Balaban J connectivity index is 2.00. The van der Waals surface area contributed by atoms with Gasteiger partial charge in [-0.25, -0.2) is 0 Å². The molecule has 0 unspecified atom stereocenters. The van der Waals surface area contributed by atoms with Crippen molar-refractivity contribution in [2.24, 2.45) is 0 Å². The third-order valence-electron chi connectivity index (χ3n) is 4.22. The van der Waals surface area contributed by atoms with Gasteiger partial charge in [-0.2, -0.15) is 26.3 Å². The third-order valence-corrected chi connectivity index (χ3v) is 4.22. The van der Waals surface area contributed by atoms with Crippen LogP contribution in [0.15, 0.2) is 48.5 Å². The quantitative estimate of drug-likeness (QED) is 0.643. The zero-order chi connectivity index (χ0) is 18.5. The highest BCUT2D eigenvalue weighted by molar-refractivity contribution is 5.42. The standard InChI is InChI=1S/C17H13F6NO/c18-16(19,20)12-5-1-10(2-6-12)15(25,14-9-24-14)11-3-7-13(8-4-11)17(21,22)23/h1-8,14,24-25H,9H2/t14-/m0/s1. The summed E-state index contributed by atoms with van der Waals surface area (Å²) in [6.07, 6.45) is -9.02. The predicted octanol–water partition coefficient (Wildman–Crippen LogP) is 3.93. The first-order valence-corrected chi connectivity index (χ1v) is 7.34. The van der Waals surface area contributed by atoms with E-state index < -0.39 is 35.1 Å². The molecule has 1 saturated heterocycles. The van der Waals surface area contributed by atoms with Crippen molar-refractivity contribution >= 4 is 0 Å². The first-order valence-electron chi connectivity index (χ1n) is 7.34. The maximum Gasteiger partial charge on any atom is 0.416 e. The Morgan fingerprint density at radius 2 is 0.960 bits per heavy atom. The van der Waals surface area contributed by atoms with Crippen LogP contribution in [0.1, 0.15) is 22.3 Å². The normalized spacial score (nSPS) is 18.3. The number of hydrogen-bond acceptors (Lipinski definition) is 2. The fraction of sp³-hybridized carbons (Fsp3) is 0.294. The second kappa shape index (κ2) is 5.74. The first kappa shape index (κ1) is 17.8. The van der Waals surface area contributed by atoms with E-state index in [0.717, 1.165) is 48.5 Å². The van der Waals surface area contributed by atoms with Gasteiger partial charge in [0.05, 0.1) is 17.2 Å². The summed E-state index contributed by atoms with van der Waals surface area (Å²) in [5.74, 6) is 0. The van der Waals surface area contributed by atoms with E-state index >= 15 is 0 Å². The zero-order valence-corrected chi connectivity index (χ0v) is 12.6. The lowest BCUT2D eigenvalue weighted by molar-refractivity contribution is -0.138. The molecule has 1 aliphatic heterocycles. The lowest BCUT2D eigenvalue weighted by atomic mass is 9.82. The highest BCUT2D eigenvalue weighted by atomic mass is 19.4. The fourth-order valence-electron chi connectivity index (χ4n) is 2.75. The minimum Gasteiger partial charge on any atom is -0.379 e. The lowest BCUT2D eigenvalue weighted by Crippen LogP contribution is -2.35. The monoisotopic (exact) mass is 361 g/mol. The van der Waals surface area contributed by atoms with Crippen LogP contribution in [0.25, 0.3) is 0 Å². The minimum absolute atomic E-state index is 0.176. The van der Waals surface area contributed by atoms with Crippen molar-refractivity contribution < 1.29 is 31.4 Å². The Bertz CT molecular complexity index is 687. The van der Waals surface area contributed by atoms with Gasteiger partial charge in [-0.1, -0.05) is 24.3 Å². The van der Waals surface area contributed by atoms with Crippen LogP contribution in [-0.4, -0.2) is 17.7 Å². The second-order valence-corrected chi connectivity index (χ2v) is 5.88. The molecule has 0 bridgehead atoms. The van der Waals surface area contributed by atoms with Crippen LogP contribution in [0.2, 0.25) is 0 Å². The molecule has 1 aliphatic rings. The molecule has 134 valence electrons. The maximum atomic E-state index is 12.7. The van der Waals surface area contributed by atoms with Gasteiger partial charge in [-0.3, -0.25) is 0 Å². The molecule has 25 heavy (non-hydrogen) atoms. The lowest BCUT2D eigenvalue weighted by Gasteiger charge is -2.29. The molecule has 0 saturated carbocycles. The number of rotatable bonds is 3. The third kappa shape index (κ3) is 3.36. The summed E-state index contributed by atoms with van der Waals surface area (Å²) >= 11 is 0. The van der Waals surface area contributed by atoms with E-state index in [-0.39, 0.29) is 11.1 Å². The van der Waals surface area contributed by atoms with Crippen molar-refractivity contribution in [3.8, 4) is 0 Å². The van der Waals surface area contributed by atoms with Crippen molar-refractivity contribution in [2.45, 2.75) is 24.0 Å². The average molecular weight is 361 g/mol. The number of alkyl halides is 6. The molecular formula is C17H13F6NO. The molecular weight excluding hydrogens is 348 g/mol. The molecule has 2 nitrogen and oxygen atoms in total. The molecule has 1 heterocycles. The molecule has 8 heteroatoms. The number of aliphatic hydroxyl groups is 1. The van der Waals surface area contributed by atoms with Gasteiger partial charge < -0.3 is 10.4 Å². The van der Waals surface area contributed by atoms with Crippen molar-refractivity contribution in [3.63, 3.8) is 0 Å². The summed E-state index contributed by atoms with van der Waals surface area (Å²) in [7, 11) is 0. The average Bonchev–Trinajstić information content (AvgIpc) is 3.38. The van der Waals surface area contributed by atoms with Crippen LogP contribution in [-0.2, 0) is 18.0 Å². The van der Waals surface area contributed by atoms with Crippen molar-refractivity contribution in [3.05, 3.63) is 70.8 Å². The highest BCUT2D eigenvalue weighted by Gasteiger charge is 2.47. The zero-order valence-electron chi connectivity index (χ0n) is 12.6. The first-order chi connectivity index (χ1) is 11.5. The van der Waals surface area contributed by atoms with Crippen molar-refractivity contribution in [1.29, 1.82) is 0 Å². The van der Waals surface area contributed by atoms with Crippen LogP contribution in [0.4, 0.5) is 26.3 Å². The smallest absolute Gasteiger partial charge is 0.379 e. The van der Waals surface area contributed by atoms with Crippen molar-refractivity contribution in [1.82, 2.24) is 5.32 Å². The van der Waals surface area contributed by atoms with E-state index in [4.69, 9.17) is 0 Å². The molecule has 1 atom stereocenters. The van der Waals surface area contributed by atoms with E-state index in [0.29, 0.717) is 6.54 Å². The van der Waals surface area contributed by atoms with E-state index in [1.807, 2.05) is 0 Å². The number of nitrogens with one attached hydrogen (secondary N) is 1. The van der Waals surface area contributed by atoms with Crippen LogP contribution >= 0.6 is 0 Å². The Kier molecular flexibility index (Phi) is 4.08. The maximum absolute atomic E-state index is 12.7. The molecule has 2 aromatic carbocycles. The van der Waals surface area contributed by atoms with Gasteiger partial charge in [0.1, 0.15) is 5.60 Å². The van der Waals surface area contributed by atoms with Gasteiger partial charge in [0, 0.05) is 6.54 Å². The molecule has 3 rings (SSSR count). The summed E-state index contributed by atoms with van der Waals surface area (Å²) in [5.41, 5.74) is -3.09. The summed E-state index contributed by atoms with van der Waals surface area (Å²) in [4.78, 5) is 0. The van der Waals surface area contributed by atoms with E-state index in [9.17, 15) is 31.4 Å². The summed E-state index contributed by atoms with van der Waals surface area (Å²) in [6, 6.07) is 7.43. The van der Waals surface area contributed by atoms with Gasteiger partial charge in [0.15, 0.2) is 0 Å². The van der Waals surface area contributed by atoms with Crippen LogP contribution < -0.4 is 5.32 Å². The summed E-state index contributed by atoms with van der Waals surface area (Å²) < 4.78 is 76.1. The summed E-state index contributed by atoms with van der Waals surface area (Å²) in [5, 5.41) is 13.9. The molecule has 1 fully saturated rings. The van der Waals surface area contributed by atoms with Crippen LogP contribution in [0.3, 0.4) is 0 Å². The molecule has 0 radical (unpaired) electrons. The predicted molar refractivity (Wildman–Crippen MR) is 77.7 cm³/mol. The molecule has 0 amide bonds. The van der Waals surface area contributed by atoms with Crippen LogP contribution in [0, 0.1) is 0 Å². The molecule has 2 N–H and O–H groups in total. The number of halogens is 6. The minimum atomic E-state index is -4.51. The topological polar surface area (TPSA) is 42.2 Å². The Hall–Kier alpha value is -2.06. The molecule has 2 aromatic rings. The molecule has 0 aromatic heterocycles. The van der Waals surface area contributed by atoms with Gasteiger partial charge in [-0.15, -0.1) is 0 Å². The number of benzene rings is 2. The number of hydrogen-bond donors (Lipinski definition) is 2. The van der Waals surface area contributed by atoms with E-state index in [1.165, 1.54) is 0 Å². The van der Waals surface area contributed by atoms with Gasteiger partial charge >= 0.3 is 12.4 Å². The van der Waals surface area contributed by atoms with Crippen molar-refractivity contribution in [2.75, 3.05) is 6.54 Å². The second-order valence-electron chi connectivity index (χ2n) is 5.88. The van der Waals surface area contributed by atoms with E-state index in [1.54, 1.807) is 0 Å². The van der Waals surface area contributed by atoms with Gasteiger partial charge in [-0.05, 0) is 35.4 Å². The fourth-order valence-corrected chi connectivity index (χ4v) is 2.75. The SMILES string of the molecule is OC(c1ccc(C(F)(F)F)cc1)(c1ccc(C(F)(F)F)cc1)[C@@H]1CN1. The Morgan fingerprint density at radius 1 is 0.680 bits per heavy atom. The van der Waals surface area contributed by atoms with Crippen LogP contribution in [0.5, 0.6) is 0 Å². The Labute approximate surface area is 139 Å².